The Bertz CT molecular complexity index is 735. The molecule has 1 amide bonds. The van der Waals surface area contributed by atoms with Crippen LogP contribution in [0.3, 0.4) is 0 Å². The molecule has 2 atom stereocenters. The number of hydrogen-bond acceptors (Lipinski definition) is 7. The Kier molecular flexibility index (Phi) is 11.2. The molecular formula is C21H30N2O5S. The van der Waals surface area contributed by atoms with Crippen molar-refractivity contribution in [2.45, 2.75) is 31.7 Å². The predicted molar refractivity (Wildman–Crippen MR) is 114 cm³/mol. The Balaban J connectivity index is 0.000000321. The number of carbonyl (C=O) groups is 2. The quantitative estimate of drug-likeness (QED) is 0.517. The third-order valence-corrected chi connectivity index (χ3v) is 5.80. The lowest BCUT2D eigenvalue weighted by atomic mass is 9.88. The fraction of sp³-hybridized carbons (Fsp3) is 0.429. The molecule has 0 aliphatic carbocycles. The van der Waals surface area contributed by atoms with Gasteiger partial charge in [0.1, 0.15) is 12.5 Å². The first-order valence-electron chi connectivity index (χ1n) is 9.22. The molecule has 0 fully saturated rings. The van der Waals surface area contributed by atoms with Crippen molar-refractivity contribution in [1.82, 2.24) is 10.4 Å². The van der Waals surface area contributed by atoms with Crippen molar-refractivity contribution in [1.29, 1.82) is 0 Å². The van der Waals surface area contributed by atoms with Crippen LogP contribution < -0.4 is 10.2 Å². The molecule has 160 valence electrons. The number of likely N-dealkylation sites (N-methyl/N-ethyl adjacent to an activating group) is 1. The minimum absolute atomic E-state index is 0.0308. The van der Waals surface area contributed by atoms with Gasteiger partial charge in [-0.25, -0.2) is 5.48 Å². The van der Waals surface area contributed by atoms with E-state index in [1.807, 2.05) is 54.4 Å². The van der Waals surface area contributed by atoms with Crippen molar-refractivity contribution >= 4 is 24.0 Å². The van der Waals surface area contributed by atoms with Gasteiger partial charge in [-0.3, -0.25) is 14.9 Å². The average molecular weight is 423 g/mol. The summed E-state index contributed by atoms with van der Waals surface area (Å²) >= 11 is 1.69. The van der Waals surface area contributed by atoms with Gasteiger partial charge in [-0.05, 0) is 56.0 Å². The zero-order valence-electron chi connectivity index (χ0n) is 17.1. The summed E-state index contributed by atoms with van der Waals surface area (Å²) in [6.45, 7) is 4.86. The molecule has 2 heterocycles. The zero-order chi connectivity index (χ0) is 21.8. The van der Waals surface area contributed by atoms with Gasteiger partial charge in [-0.1, -0.05) is 17.7 Å². The zero-order valence-corrected chi connectivity index (χ0v) is 17.9. The maximum absolute atomic E-state index is 11.9. The predicted octanol–water partition coefficient (Wildman–Crippen LogP) is 2.39. The maximum atomic E-state index is 11.9. The molecule has 8 heteroatoms. The first-order valence-corrected chi connectivity index (χ1v) is 10.1. The number of nitrogens with zero attached hydrogens (tertiary/aromatic N) is 1. The normalized spacial score (nSPS) is 18.1. The molecule has 0 saturated carbocycles. The number of thiophene rings is 1. The molecule has 1 aromatic carbocycles. The molecular weight excluding hydrogens is 392 g/mol. The van der Waals surface area contributed by atoms with E-state index >= 15 is 0 Å². The van der Waals surface area contributed by atoms with Crippen LogP contribution in [0.4, 0.5) is 0 Å². The Morgan fingerprint density at radius 2 is 1.97 bits per heavy atom. The van der Waals surface area contributed by atoms with Gasteiger partial charge in [0.2, 0.25) is 0 Å². The van der Waals surface area contributed by atoms with E-state index in [4.69, 9.17) is 14.7 Å². The van der Waals surface area contributed by atoms with Gasteiger partial charge in [-0.15, -0.1) is 11.3 Å². The number of aliphatic hydroxyl groups is 1. The van der Waals surface area contributed by atoms with Gasteiger partial charge in [0.25, 0.3) is 5.91 Å². The Morgan fingerprint density at radius 1 is 1.31 bits per heavy atom. The highest BCUT2D eigenvalue weighted by molar-refractivity contribution is 7.10. The van der Waals surface area contributed by atoms with Crippen molar-refractivity contribution in [2.24, 2.45) is 0 Å². The summed E-state index contributed by atoms with van der Waals surface area (Å²) in [6.07, 6.45) is 1.42. The molecule has 2 unspecified atom stereocenters. The maximum Gasteiger partial charge on any atom is 0.261 e. The van der Waals surface area contributed by atoms with Crippen LogP contribution in [0.15, 0.2) is 35.7 Å². The lowest BCUT2D eigenvalue weighted by molar-refractivity contribution is -0.135. The number of fused-ring (bicyclic) bond motifs is 1. The van der Waals surface area contributed by atoms with Crippen LogP contribution in [0, 0.1) is 6.92 Å². The summed E-state index contributed by atoms with van der Waals surface area (Å²) in [5.74, 6) is 0.437. The van der Waals surface area contributed by atoms with E-state index < -0.39 is 11.9 Å². The van der Waals surface area contributed by atoms with E-state index in [1.54, 1.807) is 23.9 Å². The highest BCUT2D eigenvalue weighted by Crippen LogP contribution is 2.35. The number of rotatable bonds is 4. The number of amides is 1. The lowest BCUT2D eigenvalue weighted by Gasteiger charge is -2.30. The highest BCUT2D eigenvalue weighted by Gasteiger charge is 2.36. The number of benzene rings is 1. The van der Waals surface area contributed by atoms with Crippen LogP contribution in [0.25, 0.3) is 0 Å². The standard InChI is InChI=1S/C12H18N2O3S.C8H10O.CH2O/c1-14-5-2-10-8(4-7-18-10)9(3-6-15)11(14)12(16)13-17;1-7-3-5-8(9-2)6-4-7;1-2/h4,7,9,11,15,17H,2-3,5-6H2,1H3,(H,13,16);3-6H,1-2H3;1H2. The molecule has 2 aromatic rings. The first-order chi connectivity index (χ1) is 14.0. The fourth-order valence-electron chi connectivity index (χ4n) is 3.35. The number of methoxy groups -OCH3 is 1. The average Bonchev–Trinajstić information content (AvgIpc) is 3.18. The van der Waals surface area contributed by atoms with E-state index in [0.29, 0.717) is 6.42 Å². The Hall–Kier alpha value is -2.26. The number of aliphatic hydroxyl groups excluding tert-OH is 1. The summed E-state index contributed by atoms with van der Waals surface area (Å²) < 4.78 is 4.97. The van der Waals surface area contributed by atoms with E-state index in [-0.39, 0.29) is 12.5 Å². The van der Waals surface area contributed by atoms with Gasteiger partial charge >= 0.3 is 0 Å². The Labute approximate surface area is 175 Å². The molecule has 3 N–H and O–H groups in total. The third-order valence-electron chi connectivity index (χ3n) is 4.80. The number of carbonyl (C=O) groups excluding carboxylic acids is 2. The monoisotopic (exact) mass is 422 g/mol. The number of ether oxygens (including phenoxy) is 1. The van der Waals surface area contributed by atoms with Crippen LogP contribution in [0.5, 0.6) is 5.75 Å². The minimum atomic E-state index is -0.432. The number of aryl methyl sites for hydroxylation is 1. The highest BCUT2D eigenvalue weighted by atomic mass is 32.1. The van der Waals surface area contributed by atoms with Crippen LogP contribution in [-0.2, 0) is 16.0 Å². The summed E-state index contributed by atoms with van der Waals surface area (Å²) in [4.78, 5) is 23.1. The third kappa shape index (κ3) is 6.93. The second kappa shape index (κ2) is 13.1. The number of hydrogen-bond donors (Lipinski definition) is 3. The van der Waals surface area contributed by atoms with Gasteiger partial charge in [0.15, 0.2) is 0 Å². The van der Waals surface area contributed by atoms with Crippen LogP contribution in [0.1, 0.15) is 28.3 Å². The number of nitrogens with one attached hydrogen (secondary N) is 1. The molecule has 3 rings (SSSR count). The molecule has 1 aliphatic heterocycles. The molecule has 0 bridgehead atoms. The molecule has 0 radical (unpaired) electrons. The second-order valence-electron chi connectivity index (χ2n) is 6.59. The fourth-order valence-corrected chi connectivity index (χ4v) is 4.30. The van der Waals surface area contributed by atoms with E-state index in [0.717, 1.165) is 24.3 Å². The van der Waals surface area contributed by atoms with Gasteiger partial charge in [-0.2, -0.15) is 0 Å². The summed E-state index contributed by atoms with van der Waals surface area (Å²) in [6, 6.07) is 9.55. The van der Waals surface area contributed by atoms with E-state index in [9.17, 15) is 9.90 Å². The van der Waals surface area contributed by atoms with Gasteiger partial charge in [0, 0.05) is 23.9 Å². The summed E-state index contributed by atoms with van der Waals surface area (Å²) in [5.41, 5.74) is 4.14. The van der Waals surface area contributed by atoms with Crippen LogP contribution in [-0.4, -0.2) is 61.3 Å². The molecule has 0 spiro atoms. The lowest BCUT2D eigenvalue weighted by Crippen LogP contribution is -2.47. The largest absolute Gasteiger partial charge is 0.497 e. The second-order valence-corrected chi connectivity index (χ2v) is 7.59. The van der Waals surface area contributed by atoms with Gasteiger partial charge in [0.05, 0.1) is 13.2 Å². The van der Waals surface area contributed by atoms with Crippen molar-refractivity contribution in [3.8, 4) is 5.75 Å². The molecule has 7 nitrogen and oxygen atoms in total. The van der Waals surface area contributed by atoms with Crippen LogP contribution >= 0.6 is 11.3 Å². The van der Waals surface area contributed by atoms with Gasteiger partial charge < -0.3 is 14.6 Å². The van der Waals surface area contributed by atoms with Crippen molar-refractivity contribution in [2.75, 3.05) is 27.3 Å². The molecule has 0 saturated heterocycles. The van der Waals surface area contributed by atoms with Crippen molar-refractivity contribution < 1.29 is 24.6 Å². The molecule has 1 aliphatic rings. The first kappa shape index (κ1) is 24.8. The van der Waals surface area contributed by atoms with Crippen LogP contribution in [0.2, 0.25) is 0 Å². The van der Waals surface area contributed by atoms with Crippen molar-refractivity contribution in [3.05, 3.63) is 51.7 Å². The van der Waals surface area contributed by atoms with Crippen molar-refractivity contribution in [3.63, 3.8) is 0 Å². The smallest absolute Gasteiger partial charge is 0.261 e. The Morgan fingerprint density at radius 3 is 2.52 bits per heavy atom. The van der Waals surface area contributed by atoms with E-state index in [2.05, 4.69) is 6.92 Å². The molecule has 29 heavy (non-hydrogen) atoms. The van der Waals surface area contributed by atoms with E-state index in [1.165, 1.54) is 10.4 Å². The SMILES string of the molecule is C=O.CN1CCc2sccc2C(CCO)C1C(=O)NO.COc1ccc(C)cc1. The summed E-state index contributed by atoms with van der Waals surface area (Å²) in [5, 5.41) is 20.1. The molecule has 1 aromatic heterocycles. The minimum Gasteiger partial charge on any atom is -0.497 e. The number of hydroxylamine groups is 1. The topological polar surface area (TPSA) is 99.1 Å². The summed E-state index contributed by atoms with van der Waals surface area (Å²) in [7, 11) is 3.55.